The van der Waals surface area contributed by atoms with E-state index in [-0.39, 0.29) is 5.91 Å². The molecule has 6 heteroatoms. The number of anilines is 1. The lowest BCUT2D eigenvalue weighted by Crippen LogP contribution is -2.36. The molecule has 5 nitrogen and oxygen atoms in total. The molecule has 0 heterocycles. The van der Waals surface area contributed by atoms with Crippen LogP contribution in [-0.4, -0.2) is 17.0 Å². The standard InChI is InChI=1S/C20H20ClNO4/c21-13-5-9-15(10-6-13)26-16-11-7-14(8-12-16)22-19(23)17-3-1-2-4-18(17)20(24)25/h5-12,17-18H,1-4H2,(H,22,23)(H,24,25). The number of halogens is 1. The first-order chi connectivity index (χ1) is 12.5. The van der Waals surface area contributed by atoms with Crippen molar-refractivity contribution in [1.82, 2.24) is 0 Å². The fraction of sp³-hybridized carbons (Fsp3) is 0.300. The summed E-state index contributed by atoms with van der Waals surface area (Å²) in [6.45, 7) is 0. The Balaban J connectivity index is 1.62. The molecule has 0 aromatic heterocycles. The van der Waals surface area contributed by atoms with Gasteiger partial charge in [0.05, 0.1) is 11.8 Å². The molecule has 2 aromatic rings. The Labute approximate surface area is 156 Å². The van der Waals surface area contributed by atoms with Crippen molar-refractivity contribution in [3.63, 3.8) is 0 Å². The molecule has 3 rings (SSSR count). The van der Waals surface area contributed by atoms with Gasteiger partial charge in [0, 0.05) is 10.7 Å². The molecule has 2 aromatic carbocycles. The molecule has 0 spiro atoms. The predicted octanol–water partition coefficient (Wildman–Crippen LogP) is 4.96. The molecule has 1 amide bonds. The van der Waals surface area contributed by atoms with E-state index in [9.17, 15) is 14.7 Å². The zero-order chi connectivity index (χ0) is 18.5. The van der Waals surface area contributed by atoms with E-state index in [1.165, 1.54) is 0 Å². The van der Waals surface area contributed by atoms with Gasteiger partial charge in [-0.15, -0.1) is 0 Å². The van der Waals surface area contributed by atoms with Gasteiger partial charge in [0.15, 0.2) is 0 Å². The van der Waals surface area contributed by atoms with E-state index >= 15 is 0 Å². The lowest BCUT2D eigenvalue weighted by atomic mass is 9.78. The smallest absolute Gasteiger partial charge is 0.307 e. The highest BCUT2D eigenvalue weighted by Crippen LogP contribution is 2.31. The molecule has 136 valence electrons. The van der Waals surface area contributed by atoms with Crippen molar-refractivity contribution in [3.05, 3.63) is 53.6 Å². The number of aliphatic carboxylic acids is 1. The molecule has 26 heavy (non-hydrogen) atoms. The third-order valence-corrected chi connectivity index (χ3v) is 4.84. The van der Waals surface area contributed by atoms with Gasteiger partial charge < -0.3 is 15.2 Å². The molecule has 2 unspecified atom stereocenters. The maximum Gasteiger partial charge on any atom is 0.307 e. The summed E-state index contributed by atoms with van der Waals surface area (Å²) >= 11 is 5.85. The van der Waals surface area contributed by atoms with Crippen molar-refractivity contribution in [2.45, 2.75) is 25.7 Å². The number of carboxylic acids is 1. The number of carbonyl (C=O) groups is 2. The molecule has 1 saturated carbocycles. The number of hydrogen-bond donors (Lipinski definition) is 2. The van der Waals surface area contributed by atoms with Gasteiger partial charge in [-0.25, -0.2) is 0 Å². The fourth-order valence-corrected chi connectivity index (χ4v) is 3.35. The first kappa shape index (κ1) is 18.3. The van der Waals surface area contributed by atoms with Crippen LogP contribution in [0.1, 0.15) is 25.7 Å². The molecular formula is C20H20ClNO4. The first-order valence-electron chi connectivity index (χ1n) is 8.60. The second-order valence-electron chi connectivity index (χ2n) is 6.41. The van der Waals surface area contributed by atoms with E-state index in [1.807, 2.05) is 0 Å². The molecule has 1 aliphatic rings. The molecule has 0 saturated heterocycles. The minimum absolute atomic E-state index is 0.233. The summed E-state index contributed by atoms with van der Waals surface area (Å²) in [5, 5.41) is 12.8. The summed E-state index contributed by atoms with van der Waals surface area (Å²) in [6, 6.07) is 14.0. The summed E-state index contributed by atoms with van der Waals surface area (Å²) in [4.78, 5) is 23.8. The molecule has 2 atom stereocenters. The van der Waals surface area contributed by atoms with Gasteiger partial charge in [0.1, 0.15) is 11.5 Å². The Morgan fingerprint density at radius 2 is 1.46 bits per heavy atom. The van der Waals surface area contributed by atoms with Crippen LogP contribution < -0.4 is 10.1 Å². The van der Waals surface area contributed by atoms with Gasteiger partial charge in [-0.2, -0.15) is 0 Å². The first-order valence-corrected chi connectivity index (χ1v) is 8.98. The molecule has 1 fully saturated rings. The van der Waals surface area contributed by atoms with Crippen LogP contribution in [0.3, 0.4) is 0 Å². The molecular weight excluding hydrogens is 354 g/mol. The largest absolute Gasteiger partial charge is 0.481 e. The van der Waals surface area contributed by atoms with Crippen molar-refractivity contribution in [1.29, 1.82) is 0 Å². The van der Waals surface area contributed by atoms with E-state index in [1.54, 1.807) is 48.5 Å². The van der Waals surface area contributed by atoms with Crippen LogP contribution in [0.25, 0.3) is 0 Å². The Morgan fingerprint density at radius 1 is 0.923 bits per heavy atom. The average Bonchev–Trinajstić information content (AvgIpc) is 2.65. The van der Waals surface area contributed by atoms with Crippen LogP contribution in [0.5, 0.6) is 11.5 Å². The Bertz CT molecular complexity index is 773. The summed E-state index contributed by atoms with van der Waals surface area (Å²) in [5.41, 5.74) is 0.619. The van der Waals surface area contributed by atoms with Crippen LogP contribution in [0.4, 0.5) is 5.69 Å². The van der Waals surface area contributed by atoms with E-state index in [2.05, 4.69) is 5.32 Å². The van der Waals surface area contributed by atoms with Crippen molar-refractivity contribution in [3.8, 4) is 11.5 Å². The monoisotopic (exact) mass is 373 g/mol. The van der Waals surface area contributed by atoms with Gasteiger partial charge in [-0.05, 0) is 61.4 Å². The lowest BCUT2D eigenvalue weighted by Gasteiger charge is -2.27. The number of hydrogen-bond acceptors (Lipinski definition) is 3. The quantitative estimate of drug-likeness (QED) is 0.776. The number of carbonyl (C=O) groups excluding carboxylic acids is 1. The van der Waals surface area contributed by atoms with Crippen molar-refractivity contribution >= 4 is 29.2 Å². The minimum Gasteiger partial charge on any atom is -0.481 e. The van der Waals surface area contributed by atoms with E-state index in [0.717, 1.165) is 12.8 Å². The summed E-state index contributed by atoms with van der Waals surface area (Å²) in [5.74, 6) is -0.911. The predicted molar refractivity (Wildman–Crippen MR) is 99.7 cm³/mol. The maximum atomic E-state index is 12.5. The van der Waals surface area contributed by atoms with E-state index in [4.69, 9.17) is 16.3 Å². The summed E-state index contributed by atoms with van der Waals surface area (Å²) in [7, 11) is 0. The van der Waals surface area contributed by atoms with Gasteiger partial charge in [-0.3, -0.25) is 9.59 Å². The lowest BCUT2D eigenvalue weighted by molar-refractivity contribution is -0.147. The Hall–Kier alpha value is -2.53. The van der Waals surface area contributed by atoms with Crippen molar-refractivity contribution < 1.29 is 19.4 Å². The molecule has 2 N–H and O–H groups in total. The highest BCUT2D eigenvalue weighted by molar-refractivity contribution is 6.30. The van der Waals surface area contributed by atoms with Gasteiger partial charge in [-0.1, -0.05) is 24.4 Å². The Morgan fingerprint density at radius 3 is 2.04 bits per heavy atom. The topological polar surface area (TPSA) is 75.6 Å². The van der Waals surface area contributed by atoms with Crippen LogP contribution in [0, 0.1) is 11.8 Å². The van der Waals surface area contributed by atoms with Crippen LogP contribution in [-0.2, 0) is 9.59 Å². The molecule has 1 aliphatic carbocycles. The summed E-state index contributed by atoms with van der Waals surface area (Å²) < 4.78 is 5.71. The molecule has 0 aliphatic heterocycles. The SMILES string of the molecule is O=C(O)C1CCCCC1C(=O)Nc1ccc(Oc2ccc(Cl)cc2)cc1. The third kappa shape index (κ3) is 4.55. The highest BCUT2D eigenvalue weighted by atomic mass is 35.5. The number of ether oxygens (including phenoxy) is 1. The number of rotatable bonds is 5. The van der Waals surface area contributed by atoms with E-state index < -0.39 is 17.8 Å². The second-order valence-corrected chi connectivity index (χ2v) is 6.84. The van der Waals surface area contributed by atoms with Crippen LogP contribution in [0.2, 0.25) is 5.02 Å². The van der Waals surface area contributed by atoms with Gasteiger partial charge in [0.25, 0.3) is 0 Å². The Kier molecular flexibility index (Phi) is 5.78. The number of nitrogens with one attached hydrogen (secondary N) is 1. The summed E-state index contributed by atoms with van der Waals surface area (Å²) in [6.07, 6.45) is 2.91. The van der Waals surface area contributed by atoms with Gasteiger partial charge >= 0.3 is 5.97 Å². The maximum absolute atomic E-state index is 12.5. The van der Waals surface area contributed by atoms with Crippen LogP contribution >= 0.6 is 11.6 Å². The zero-order valence-electron chi connectivity index (χ0n) is 14.2. The average molecular weight is 374 g/mol. The normalized spacial score (nSPS) is 19.6. The van der Waals surface area contributed by atoms with Gasteiger partial charge in [0.2, 0.25) is 5.91 Å². The molecule has 0 radical (unpaired) electrons. The number of amides is 1. The third-order valence-electron chi connectivity index (χ3n) is 4.59. The molecule has 0 bridgehead atoms. The zero-order valence-corrected chi connectivity index (χ0v) is 14.9. The van der Waals surface area contributed by atoms with E-state index in [0.29, 0.717) is 35.1 Å². The second kappa shape index (κ2) is 8.23. The minimum atomic E-state index is -0.892. The van der Waals surface area contributed by atoms with Crippen molar-refractivity contribution in [2.24, 2.45) is 11.8 Å². The number of carboxylic acid groups (broad SMARTS) is 1. The van der Waals surface area contributed by atoms with Crippen molar-refractivity contribution in [2.75, 3.05) is 5.32 Å². The van der Waals surface area contributed by atoms with Crippen LogP contribution in [0.15, 0.2) is 48.5 Å². The fourth-order valence-electron chi connectivity index (χ4n) is 3.22. The highest BCUT2D eigenvalue weighted by Gasteiger charge is 2.35. The number of benzene rings is 2.